The van der Waals surface area contributed by atoms with Crippen LogP contribution in [0.15, 0.2) is 79.4 Å². The van der Waals surface area contributed by atoms with Crippen molar-refractivity contribution in [2.24, 2.45) is 0 Å². The van der Waals surface area contributed by atoms with Crippen molar-refractivity contribution in [2.45, 2.75) is 37.9 Å². The zero-order valence-corrected chi connectivity index (χ0v) is 25.6. The average Bonchev–Trinajstić information content (AvgIpc) is 3.67. The predicted molar refractivity (Wildman–Crippen MR) is 171 cm³/mol. The molecule has 1 fully saturated rings. The molecule has 1 aliphatic rings. The molecule has 2 unspecified atom stereocenters. The number of aromatic amines is 1. The van der Waals surface area contributed by atoms with Gasteiger partial charge in [0, 0.05) is 43.6 Å². The van der Waals surface area contributed by atoms with Crippen LogP contribution in [-0.4, -0.2) is 62.2 Å². The number of carbonyl (C=O) groups is 2. The number of carbonyl (C=O) groups excluding carboxylic acids is 2. The summed E-state index contributed by atoms with van der Waals surface area (Å²) in [5.74, 6) is 0.178. The van der Waals surface area contributed by atoms with Crippen LogP contribution in [-0.2, 0) is 17.8 Å². The van der Waals surface area contributed by atoms with Crippen LogP contribution in [0.1, 0.15) is 51.6 Å². The van der Waals surface area contributed by atoms with Crippen LogP contribution in [0.4, 0.5) is 5.82 Å². The van der Waals surface area contributed by atoms with Gasteiger partial charge < -0.3 is 20.9 Å². The first-order chi connectivity index (χ1) is 20.9. The van der Waals surface area contributed by atoms with Crippen molar-refractivity contribution in [3.8, 4) is 6.07 Å². The number of nitrogens with two attached hydrogens (primary N) is 1. The number of nitrogen functional groups attached to an aromatic ring is 1. The molecule has 0 bridgehead atoms. The molecule has 0 aliphatic carbocycles. The lowest BCUT2D eigenvalue weighted by Gasteiger charge is -2.35. The number of rotatable bonds is 12. The van der Waals surface area contributed by atoms with Crippen molar-refractivity contribution in [3.63, 3.8) is 0 Å². The second-order valence-corrected chi connectivity index (χ2v) is 11.0. The van der Waals surface area contributed by atoms with Gasteiger partial charge >= 0.3 is 0 Å². The van der Waals surface area contributed by atoms with Crippen LogP contribution in [0.5, 0.6) is 0 Å². The molecule has 2 aromatic heterocycles. The third kappa shape index (κ3) is 8.14. The number of nitrogens with one attached hydrogen (secondary N) is 2. The summed E-state index contributed by atoms with van der Waals surface area (Å²) in [5.41, 5.74) is 9.58. The summed E-state index contributed by atoms with van der Waals surface area (Å²) in [7, 11) is 0. The van der Waals surface area contributed by atoms with Gasteiger partial charge in [-0.1, -0.05) is 35.9 Å². The number of H-pyrrole nitrogens is 1. The number of halogens is 2. The molecule has 3 heterocycles. The van der Waals surface area contributed by atoms with Gasteiger partial charge in [0.05, 0.1) is 41.3 Å². The Labute approximate surface area is 267 Å². The smallest absolute Gasteiger partial charge is 0.252 e. The van der Waals surface area contributed by atoms with Gasteiger partial charge in [0.1, 0.15) is 5.82 Å². The van der Waals surface area contributed by atoms with Gasteiger partial charge in [-0.3, -0.25) is 14.5 Å². The van der Waals surface area contributed by atoms with Crippen molar-refractivity contribution in [1.82, 2.24) is 30.1 Å². The lowest BCUT2D eigenvalue weighted by atomic mass is 9.98. The standard InChI is InChI=1S/C32H33ClN8O2.ClH/c33-26-4-1-3-24(15-26)20-40-14-11-28(32(40)43)41(13-2-12-37-31(42)25-9-10-30(35)38-18-25)29(27-19-36-21-39-27)16-22-5-7-23(17-34)8-6-22;/h1,3-10,15,18-19,21,28-29H,2,11-14,16,20H2,(H2,35,38)(H,36,39)(H,37,42);1H. The molecule has 1 saturated heterocycles. The molecule has 4 N–H and O–H groups in total. The molecule has 2 amide bonds. The number of likely N-dealkylation sites (tertiary alicyclic amines) is 1. The van der Waals surface area contributed by atoms with E-state index in [4.69, 9.17) is 17.3 Å². The fourth-order valence-corrected chi connectivity index (χ4v) is 5.68. The lowest BCUT2D eigenvalue weighted by Crippen LogP contribution is -2.45. The largest absolute Gasteiger partial charge is 0.384 e. The fraction of sp³-hybridized carbons (Fsp3) is 0.281. The van der Waals surface area contributed by atoms with Crippen LogP contribution >= 0.6 is 24.0 Å². The molecule has 10 nitrogen and oxygen atoms in total. The summed E-state index contributed by atoms with van der Waals surface area (Å²) in [6.45, 7) is 2.08. The minimum absolute atomic E-state index is 0. The van der Waals surface area contributed by atoms with Crippen molar-refractivity contribution in [2.75, 3.05) is 25.4 Å². The van der Waals surface area contributed by atoms with E-state index in [1.165, 1.54) is 6.20 Å². The Kier molecular flexibility index (Phi) is 11.3. The Bertz CT molecular complexity index is 1570. The van der Waals surface area contributed by atoms with Gasteiger partial charge in [-0.05, 0) is 66.8 Å². The molecule has 5 rings (SSSR count). The Morgan fingerprint density at radius 1 is 1.18 bits per heavy atom. The van der Waals surface area contributed by atoms with Gasteiger partial charge in [0.15, 0.2) is 0 Å². The number of pyridine rings is 1. The number of hydrogen-bond donors (Lipinski definition) is 3. The number of nitriles is 1. The van der Waals surface area contributed by atoms with Crippen LogP contribution in [0, 0.1) is 11.3 Å². The van der Waals surface area contributed by atoms with E-state index < -0.39 is 0 Å². The van der Waals surface area contributed by atoms with E-state index in [0.29, 0.717) is 67.4 Å². The summed E-state index contributed by atoms with van der Waals surface area (Å²) in [4.78, 5) is 42.2. The Balaban J connectivity index is 0.00000442. The first-order valence-electron chi connectivity index (χ1n) is 14.2. The summed E-state index contributed by atoms with van der Waals surface area (Å²) >= 11 is 6.20. The minimum atomic E-state index is -0.358. The highest BCUT2D eigenvalue weighted by atomic mass is 35.5. The maximum atomic E-state index is 13.9. The van der Waals surface area contributed by atoms with Gasteiger partial charge in [-0.25, -0.2) is 9.97 Å². The Morgan fingerprint density at radius 2 is 2.00 bits per heavy atom. The molecule has 0 radical (unpaired) electrons. The topological polar surface area (TPSA) is 144 Å². The van der Waals surface area contributed by atoms with E-state index in [0.717, 1.165) is 16.8 Å². The van der Waals surface area contributed by atoms with E-state index in [2.05, 4.69) is 31.2 Å². The zero-order chi connectivity index (χ0) is 30.2. The molecule has 0 saturated carbocycles. The average molecular weight is 634 g/mol. The molecule has 44 heavy (non-hydrogen) atoms. The first-order valence-corrected chi connectivity index (χ1v) is 14.5. The molecule has 0 spiro atoms. The molecule has 12 heteroatoms. The van der Waals surface area contributed by atoms with Gasteiger partial charge in [-0.2, -0.15) is 5.26 Å². The summed E-state index contributed by atoms with van der Waals surface area (Å²) in [5, 5.41) is 12.8. The van der Waals surface area contributed by atoms with Crippen LogP contribution < -0.4 is 11.1 Å². The number of anilines is 1. The fourth-order valence-electron chi connectivity index (χ4n) is 5.47. The third-order valence-corrected chi connectivity index (χ3v) is 7.89. The lowest BCUT2D eigenvalue weighted by molar-refractivity contribution is -0.133. The predicted octanol–water partition coefficient (Wildman–Crippen LogP) is 4.54. The molecule has 4 aromatic rings. The summed E-state index contributed by atoms with van der Waals surface area (Å²) < 4.78 is 0. The van der Waals surface area contributed by atoms with Crippen LogP contribution in [0.25, 0.3) is 0 Å². The van der Waals surface area contributed by atoms with E-state index in [1.54, 1.807) is 36.8 Å². The van der Waals surface area contributed by atoms with Crippen molar-refractivity contribution in [3.05, 3.63) is 112 Å². The first kappa shape index (κ1) is 32.5. The Hall–Kier alpha value is -4.43. The van der Waals surface area contributed by atoms with Gasteiger partial charge in [0.25, 0.3) is 5.91 Å². The second kappa shape index (κ2) is 15.3. The normalized spacial score (nSPS) is 15.1. The number of benzene rings is 2. The molecular formula is C32H34Cl2N8O2. The molecule has 2 aromatic carbocycles. The summed E-state index contributed by atoms with van der Waals surface area (Å²) in [6, 6.07) is 19.9. The second-order valence-electron chi connectivity index (χ2n) is 10.5. The molecule has 1 aliphatic heterocycles. The minimum Gasteiger partial charge on any atom is -0.384 e. The van der Waals surface area contributed by atoms with E-state index >= 15 is 0 Å². The highest BCUT2D eigenvalue weighted by Gasteiger charge is 2.39. The quantitative estimate of drug-likeness (QED) is 0.194. The number of nitrogens with zero attached hydrogens (tertiary/aromatic N) is 5. The van der Waals surface area contributed by atoms with E-state index in [1.807, 2.05) is 41.3 Å². The zero-order valence-electron chi connectivity index (χ0n) is 24.0. The van der Waals surface area contributed by atoms with Crippen LogP contribution in [0.3, 0.4) is 0 Å². The molecule has 2 atom stereocenters. The maximum Gasteiger partial charge on any atom is 0.252 e. The number of aromatic nitrogens is 3. The van der Waals surface area contributed by atoms with E-state index in [-0.39, 0.29) is 36.3 Å². The number of amides is 2. The van der Waals surface area contributed by atoms with Gasteiger partial charge in [0.2, 0.25) is 5.91 Å². The van der Waals surface area contributed by atoms with Crippen molar-refractivity contribution >= 4 is 41.6 Å². The van der Waals surface area contributed by atoms with E-state index in [9.17, 15) is 14.9 Å². The summed E-state index contributed by atoms with van der Waals surface area (Å²) in [6.07, 6.45) is 6.78. The van der Waals surface area contributed by atoms with Gasteiger partial charge in [-0.15, -0.1) is 12.4 Å². The molecule has 228 valence electrons. The Morgan fingerprint density at radius 3 is 2.68 bits per heavy atom. The third-order valence-electron chi connectivity index (χ3n) is 7.65. The highest BCUT2D eigenvalue weighted by Crippen LogP contribution is 2.31. The molecular weight excluding hydrogens is 599 g/mol. The highest BCUT2D eigenvalue weighted by molar-refractivity contribution is 6.30. The number of imidazole rings is 1. The SMILES string of the molecule is Cl.N#Cc1ccc(CC(c2cnc[nH]2)N(CCCNC(=O)c2ccc(N)nc2)C2CCN(Cc3cccc(Cl)c3)C2=O)cc1. The van der Waals surface area contributed by atoms with Crippen molar-refractivity contribution in [1.29, 1.82) is 5.26 Å². The van der Waals surface area contributed by atoms with Crippen LogP contribution in [0.2, 0.25) is 5.02 Å². The number of hydrogen-bond acceptors (Lipinski definition) is 7. The maximum absolute atomic E-state index is 13.9. The van der Waals surface area contributed by atoms with Crippen molar-refractivity contribution < 1.29 is 9.59 Å². The monoisotopic (exact) mass is 632 g/mol.